The SMILES string of the molecule is C/C(=C/NCCN=O)CN. The Morgan fingerprint density at radius 1 is 1.80 bits per heavy atom. The second kappa shape index (κ2) is 6.22. The van der Waals surface area contributed by atoms with E-state index in [1.807, 2.05) is 6.92 Å². The average Bonchev–Trinajstić information content (AvgIpc) is 1.98. The van der Waals surface area contributed by atoms with Gasteiger partial charge < -0.3 is 11.1 Å². The molecule has 0 unspecified atom stereocenters. The Bertz CT molecular complexity index is 122. The smallest absolute Gasteiger partial charge is 0.0983 e. The van der Waals surface area contributed by atoms with Crippen LogP contribution in [0.25, 0.3) is 0 Å². The lowest BCUT2D eigenvalue weighted by molar-refractivity contribution is 0.829. The number of nitrogens with one attached hydrogen (secondary N) is 1. The summed E-state index contributed by atoms with van der Waals surface area (Å²) in [5, 5.41) is 5.59. The van der Waals surface area contributed by atoms with Crippen LogP contribution in [0.4, 0.5) is 0 Å². The molecule has 0 aromatic rings. The molecule has 0 radical (unpaired) electrons. The van der Waals surface area contributed by atoms with Gasteiger partial charge >= 0.3 is 0 Å². The third-order valence-electron chi connectivity index (χ3n) is 1.02. The van der Waals surface area contributed by atoms with E-state index in [-0.39, 0.29) is 0 Å². The molecule has 0 spiro atoms. The summed E-state index contributed by atoms with van der Waals surface area (Å²) in [6.45, 7) is 3.35. The number of rotatable bonds is 5. The molecule has 0 aromatic heterocycles. The fourth-order valence-corrected chi connectivity index (χ4v) is 0.416. The van der Waals surface area contributed by atoms with Crippen LogP contribution in [-0.4, -0.2) is 19.6 Å². The lowest BCUT2D eigenvalue weighted by atomic mass is 10.3. The van der Waals surface area contributed by atoms with Gasteiger partial charge in [0, 0.05) is 13.1 Å². The Morgan fingerprint density at radius 2 is 2.50 bits per heavy atom. The number of nitrogens with two attached hydrogens (primary N) is 1. The molecule has 0 saturated carbocycles. The van der Waals surface area contributed by atoms with Gasteiger partial charge in [-0.3, -0.25) is 0 Å². The van der Waals surface area contributed by atoms with Gasteiger partial charge in [0.25, 0.3) is 0 Å². The standard InChI is InChI=1S/C6H13N3O/c1-6(4-7)5-8-2-3-9-10/h5,8H,2-4,7H2,1H3/b6-5-. The minimum Gasteiger partial charge on any atom is -0.389 e. The Hall–Kier alpha value is -0.900. The first kappa shape index (κ1) is 9.10. The molecular formula is C6H13N3O. The van der Waals surface area contributed by atoms with Gasteiger partial charge in [-0.25, -0.2) is 0 Å². The summed E-state index contributed by atoms with van der Waals surface area (Å²) in [7, 11) is 0. The maximum Gasteiger partial charge on any atom is 0.0983 e. The van der Waals surface area contributed by atoms with Gasteiger partial charge in [0.15, 0.2) is 0 Å². The summed E-state index contributed by atoms with van der Waals surface area (Å²) in [5.74, 6) is 0. The highest BCUT2D eigenvalue weighted by Gasteiger charge is 1.82. The number of hydrogen-bond donors (Lipinski definition) is 2. The van der Waals surface area contributed by atoms with Crippen molar-refractivity contribution in [2.45, 2.75) is 6.92 Å². The largest absolute Gasteiger partial charge is 0.389 e. The molecule has 0 fully saturated rings. The summed E-state index contributed by atoms with van der Waals surface area (Å²) in [5.41, 5.74) is 6.35. The first-order valence-electron chi connectivity index (χ1n) is 3.19. The van der Waals surface area contributed by atoms with Crippen LogP contribution in [-0.2, 0) is 0 Å². The second-order valence-electron chi connectivity index (χ2n) is 2.00. The maximum atomic E-state index is 9.58. The molecule has 4 nitrogen and oxygen atoms in total. The number of hydrogen-bond acceptors (Lipinski definition) is 4. The third kappa shape index (κ3) is 5.24. The number of nitrogens with zero attached hydrogens (tertiary/aromatic N) is 1. The molecule has 0 aliphatic rings. The molecule has 0 aromatic carbocycles. The van der Waals surface area contributed by atoms with Crippen LogP contribution in [0, 0.1) is 4.91 Å². The normalized spacial score (nSPS) is 11.2. The predicted molar refractivity (Wildman–Crippen MR) is 41.5 cm³/mol. The van der Waals surface area contributed by atoms with Gasteiger partial charge in [-0.1, -0.05) is 5.18 Å². The second-order valence-corrected chi connectivity index (χ2v) is 2.00. The highest BCUT2D eigenvalue weighted by atomic mass is 16.3. The van der Waals surface area contributed by atoms with Gasteiger partial charge in [-0.15, -0.1) is 0 Å². The molecule has 0 bridgehead atoms. The molecular weight excluding hydrogens is 130 g/mol. The summed E-state index contributed by atoms with van der Waals surface area (Å²) in [6.07, 6.45) is 1.80. The van der Waals surface area contributed by atoms with Gasteiger partial charge in [-0.05, 0) is 18.7 Å². The van der Waals surface area contributed by atoms with E-state index in [0.717, 1.165) is 5.57 Å². The van der Waals surface area contributed by atoms with Crippen molar-refractivity contribution in [1.29, 1.82) is 0 Å². The molecule has 10 heavy (non-hydrogen) atoms. The van der Waals surface area contributed by atoms with E-state index >= 15 is 0 Å². The lowest BCUT2D eigenvalue weighted by Gasteiger charge is -1.97. The van der Waals surface area contributed by atoms with E-state index in [9.17, 15) is 4.91 Å². The molecule has 0 saturated heterocycles. The minimum atomic E-state index is 0.300. The van der Waals surface area contributed by atoms with E-state index in [1.54, 1.807) is 6.20 Å². The van der Waals surface area contributed by atoms with Gasteiger partial charge in [0.2, 0.25) is 0 Å². The van der Waals surface area contributed by atoms with Crippen molar-refractivity contribution in [2.75, 3.05) is 19.6 Å². The minimum absolute atomic E-state index is 0.300. The summed E-state index contributed by atoms with van der Waals surface area (Å²) < 4.78 is 0. The molecule has 0 aliphatic heterocycles. The summed E-state index contributed by atoms with van der Waals surface area (Å²) in [6, 6.07) is 0. The maximum absolute atomic E-state index is 9.58. The van der Waals surface area contributed by atoms with Crippen LogP contribution >= 0.6 is 0 Å². The van der Waals surface area contributed by atoms with Gasteiger partial charge in [0.1, 0.15) is 0 Å². The van der Waals surface area contributed by atoms with Gasteiger partial charge in [0.05, 0.1) is 6.54 Å². The van der Waals surface area contributed by atoms with Crippen molar-refractivity contribution in [3.05, 3.63) is 16.7 Å². The molecule has 0 atom stereocenters. The first-order chi connectivity index (χ1) is 4.81. The highest BCUT2D eigenvalue weighted by Crippen LogP contribution is 1.82. The zero-order valence-corrected chi connectivity index (χ0v) is 6.13. The molecule has 0 amide bonds. The summed E-state index contributed by atoms with van der Waals surface area (Å²) in [4.78, 5) is 9.58. The van der Waals surface area contributed by atoms with Crippen LogP contribution < -0.4 is 11.1 Å². The fourth-order valence-electron chi connectivity index (χ4n) is 0.416. The molecule has 0 heterocycles. The van der Waals surface area contributed by atoms with E-state index in [0.29, 0.717) is 19.6 Å². The van der Waals surface area contributed by atoms with Crippen LogP contribution in [0.3, 0.4) is 0 Å². The van der Waals surface area contributed by atoms with Gasteiger partial charge in [-0.2, -0.15) is 4.91 Å². The molecule has 0 aliphatic carbocycles. The first-order valence-corrected chi connectivity index (χ1v) is 3.19. The molecule has 0 rings (SSSR count). The van der Waals surface area contributed by atoms with Crippen molar-refractivity contribution in [3.63, 3.8) is 0 Å². The van der Waals surface area contributed by atoms with E-state index in [4.69, 9.17) is 5.73 Å². The van der Waals surface area contributed by atoms with Crippen molar-refractivity contribution in [1.82, 2.24) is 5.32 Å². The Balaban J connectivity index is 3.24. The van der Waals surface area contributed by atoms with Crippen molar-refractivity contribution < 1.29 is 0 Å². The van der Waals surface area contributed by atoms with E-state index < -0.39 is 0 Å². The highest BCUT2D eigenvalue weighted by molar-refractivity contribution is 4.97. The molecule has 4 heteroatoms. The van der Waals surface area contributed by atoms with Crippen molar-refractivity contribution >= 4 is 0 Å². The summed E-state index contributed by atoms with van der Waals surface area (Å²) >= 11 is 0. The fraction of sp³-hybridized carbons (Fsp3) is 0.667. The average molecular weight is 143 g/mol. The van der Waals surface area contributed by atoms with E-state index in [1.165, 1.54) is 0 Å². The lowest BCUT2D eigenvalue weighted by Crippen LogP contribution is -2.12. The monoisotopic (exact) mass is 143 g/mol. The topological polar surface area (TPSA) is 67.5 Å². The quantitative estimate of drug-likeness (QED) is 0.427. The molecule has 3 N–H and O–H groups in total. The van der Waals surface area contributed by atoms with Crippen molar-refractivity contribution in [2.24, 2.45) is 10.9 Å². The van der Waals surface area contributed by atoms with Crippen LogP contribution in [0.1, 0.15) is 6.92 Å². The zero-order chi connectivity index (χ0) is 7.82. The van der Waals surface area contributed by atoms with Crippen LogP contribution in [0.5, 0.6) is 0 Å². The Labute approximate surface area is 60.5 Å². The third-order valence-corrected chi connectivity index (χ3v) is 1.02. The van der Waals surface area contributed by atoms with E-state index in [2.05, 4.69) is 10.5 Å². The Morgan fingerprint density at radius 3 is 3.00 bits per heavy atom. The van der Waals surface area contributed by atoms with Crippen LogP contribution in [0.2, 0.25) is 0 Å². The predicted octanol–water partition coefficient (Wildman–Crippen LogP) is 0.205. The van der Waals surface area contributed by atoms with Crippen molar-refractivity contribution in [3.8, 4) is 0 Å². The number of nitroso groups, excluding NO2 is 1. The van der Waals surface area contributed by atoms with Crippen LogP contribution in [0.15, 0.2) is 16.9 Å². The molecule has 58 valence electrons. The zero-order valence-electron chi connectivity index (χ0n) is 6.13. The Kier molecular flexibility index (Phi) is 5.66.